The van der Waals surface area contributed by atoms with Crippen LogP contribution in [0.4, 0.5) is 0 Å². The predicted molar refractivity (Wildman–Crippen MR) is 121 cm³/mol. The Morgan fingerprint density at radius 1 is 1.13 bits per heavy atom. The van der Waals surface area contributed by atoms with Crippen LogP contribution < -0.4 is 0 Å². The first kappa shape index (κ1) is 20.5. The minimum atomic E-state index is 0.147. The second-order valence-corrected chi connectivity index (χ2v) is 9.47. The van der Waals surface area contributed by atoms with Gasteiger partial charge in [0.15, 0.2) is 0 Å². The Labute approximate surface area is 186 Å². The molecule has 0 N–H and O–H groups in total. The number of likely N-dealkylation sites (tertiary alicyclic amines) is 2. The van der Waals surface area contributed by atoms with Gasteiger partial charge in [-0.1, -0.05) is 30.0 Å². The summed E-state index contributed by atoms with van der Waals surface area (Å²) < 4.78 is 1.77. The lowest BCUT2D eigenvalue weighted by atomic mass is 10.1. The number of rotatable bonds is 5. The Bertz CT molecular complexity index is 1110. The SMILES string of the molecule is Cc1cc(C)n2nc(SCc3ccccc3C(=O)N3CCC(N4CCCC4)C3)nc2n1. The monoisotopic (exact) mass is 436 g/mol. The number of hydrogen-bond acceptors (Lipinski definition) is 6. The molecule has 162 valence electrons. The molecule has 1 aromatic carbocycles. The third kappa shape index (κ3) is 4.19. The van der Waals surface area contributed by atoms with Crippen molar-refractivity contribution in [2.24, 2.45) is 0 Å². The van der Waals surface area contributed by atoms with Gasteiger partial charge in [-0.2, -0.15) is 4.98 Å². The lowest BCUT2D eigenvalue weighted by Crippen LogP contribution is -2.37. The second-order valence-electron chi connectivity index (χ2n) is 8.53. The van der Waals surface area contributed by atoms with E-state index in [9.17, 15) is 4.79 Å². The van der Waals surface area contributed by atoms with E-state index in [2.05, 4.69) is 20.0 Å². The number of nitrogens with zero attached hydrogens (tertiary/aromatic N) is 6. The van der Waals surface area contributed by atoms with Crippen molar-refractivity contribution in [3.63, 3.8) is 0 Å². The summed E-state index contributed by atoms with van der Waals surface area (Å²) >= 11 is 1.55. The van der Waals surface area contributed by atoms with Gasteiger partial charge >= 0.3 is 0 Å². The zero-order valence-corrected chi connectivity index (χ0v) is 18.9. The van der Waals surface area contributed by atoms with E-state index in [1.54, 1.807) is 16.3 Å². The minimum Gasteiger partial charge on any atom is -0.337 e. The standard InChI is InChI=1S/C23H28N6OS/c1-16-13-17(2)29-22(24-16)25-23(26-29)31-15-18-7-3-4-8-20(18)21(30)28-12-9-19(14-28)27-10-5-6-11-27/h3-4,7-8,13,19H,5-6,9-12,14-15H2,1-2H3. The minimum absolute atomic E-state index is 0.147. The summed E-state index contributed by atoms with van der Waals surface area (Å²) in [6.45, 7) is 8.02. The number of aromatic nitrogens is 4. The average molecular weight is 437 g/mol. The number of thioether (sulfide) groups is 1. The Kier molecular flexibility index (Phi) is 5.67. The van der Waals surface area contributed by atoms with E-state index in [1.807, 2.05) is 49.1 Å². The van der Waals surface area contributed by atoms with Crippen LogP contribution in [0.3, 0.4) is 0 Å². The first-order valence-corrected chi connectivity index (χ1v) is 12.0. The second kappa shape index (κ2) is 8.59. The largest absolute Gasteiger partial charge is 0.337 e. The molecule has 2 aromatic heterocycles. The summed E-state index contributed by atoms with van der Waals surface area (Å²) in [7, 11) is 0. The van der Waals surface area contributed by atoms with Gasteiger partial charge in [-0.15, -0.1) is 5.10 Å². The van der Waals surface area contributed by atoms with Gasteiger partial charge in [0, 0.05) is 41.8 Å². The number of carbonyl (C=O) groups is 1. The lowest BCUT2D eigenvalue weighted by Gasteiger charge is -2.24. The van der Waals surface area contributed by atoms with Gasteiger partial charge < -0.3 is 4.90 Å². The predicted octanol–water partition coefficient (Wildman–Crippen LogP) is 3.34. The molecule has 0 bridgehead atoms. The van der Waals surface area contributed by atoms with Crippen molar-refractivity contribution in [2.75, 3.05) is 26.2 Å². The van der Waals surface area contributed by atoms with Crippen LogP contribution >= 0.6 is 11.8 Å². The Hall–Kier alpha value is -2.45. The zero-order chi connectivity index (χ0) is 21.4. The van der Waals surface area contributed by atoms with E-state index >= 15 is 0 Å². The van der Waals surface area contributed by atoms with Crippen LogP contribution in [0.1, 0.15) is 46.6 Å². The first-order chi connectivity index (χ1) is 15.1. The fraction of sp³-hybridized carbons (Fsp3) is 0.478. The third-order valence-electron chi connectivity index (χ3n) is 6.31. The molecule has 7 nitrogen and oxygen atoms in total. The average Bonchev–Trinajstić information content (AvgIpc) is 3.51. The topological polar surface area (TPSA) is 66.6 Å². The van der Waals surface area contributed by atoms with Crippen molar-refractivity contribution < 1.29 is 4.79 Å². The van der Waals surface area contributed by atoms with E-state index in [1.165, 1.54) is 25.9 Å². The Morgan fingerprint density at radius 3 is 2.77 bits per heavy atom. The Morgan fingerprint density at radius 2 is 1.94 bits per heavy atom. The molecule has 8 heteroatoms. The molecule has 31 heavy (non-hydrogen) atoms. The van der Waals surface area contributed by atoms with Gasteiger partial charge in [0.1, 0.15) is 0 Å². The molecule has 2 saturated heterocycles. The number of benzene rings is 1. The molecule has 2 aliphatic rings. The molecule has 0 saturated carbocycles. The zero-order valence-electron chi connectivity index (χ0n) is 18.1. The van der Waals surface area contributed by atoms with Crippen molar-refractivity contribution in [3.8, 4) is 0 Å². The van der Waals surface area contributed by atoms with Crippen molar-refractivity contribution in [2.45, 2.75) is 50.1 Å². The number of carbonyl (C=O) groups excluding carboxylic acids is 1. The molecule has 1 unspecified atom stereocenters. The maximum Gasteiger partial charge on any atom is 0.254 e. The van der Waals surface area contributed by atoms with Crippen LogP contribution in [-0.2, 0) is 5.75 Å². The fourth-order valence-corrected chi connectivity index (χ4v) is 5.53. The summed E-state index contributed by atoms with van der Waals surface area (Å²) in [4.78, 5) is 26.9. The van der Waals surface area contributed by atoms with Crippen molar-refractivity contribution in [1.82, 2.24) is 29.4 Å². The molecule has 5 rings (SSSR count). The highest BCUT2D eigenvalue weighted by atomic mass is 32.2. The van der Waals surface area contributed by atoms with Crippen LogP contribution in [0.25, 0.3) is 5.78 Å². The highest BCUT2D eigenvalue weighted by molar-refractivity contribution is 7.98. The number of amides is 1. The van der Waals surface area contributed by atoms with Gasteiger partial charge in [0.2, 0.25) is 5.16 Å². The summed E-state index contributed by atoms with van der Waals surface area (Å²) in [5.41, 5.74) is 3.77. The van der Waals surface area contributed by atoms with Gasteiger partial charge in [-0.25, -0.2) is 9.50 Å². The van der Waals surface area contributed by atoms with Gasteiger partial charge in [-0.3, -0.25) is 9.69 Å². The van der Waals surface area contributed by atoms with Gasteiger partial charge in [0.25, 0.3) is 11.7 Å². The van der Waals surface area contributed by atoms with Crippen molar-refractivity contribution in [1.29, 1.82) is 0 Å². The molecule has 0 aliphatic carbocycles. The van der Waals surface area contributed by atoms with Crippen LogP contribution in [0, 0.1) is 13.8 Å². The van der Waals surface area contributed by atoms with E-state index < -0.39 is 0 Å². The number of aryl methyl sites for hydroxylation is 2. The molecule has 4 heterocycles. The van der Waals surface area contributed by atoms with Crippen molar-refractivity contribution in [3.05, 3.63) is 52.8 Å². The molecule has 0 radical (unpaired) electrons. The smallest absolute Gasteiger partial charge is 0.254 e. The molecule has 1 atom stereocenters. The maximum atomic E-state index is 13.3. The van der Waals surface area contributed by atoms with E-state index in [0.29, 0.717) is 22.7 Å². The molecule has 3 aromatic rings. The molecular formula is C23H28N6OS. The molecule has 0 spiro atoms. The fourth-order valence-electron chi connectivity index (χ4n) is 4.71. The highest BCUT2D eigenvalue weighted by Gasteiger charge is 2.32. The Balaban J connectivity index is 1.29. The summed E-state index contributed by atoms with van der Waals surface area (Å²) in [6, 6.07) is 10.5. The van der Waals surface area contributed by atoms with Gasteiger partial charge in [-0.05, 0) is 63.9 Å². The normalized spacial score (nSPS) is 19.5. The van der Waals surface area contributed by atoms with Crippen LogP contribution in [0.5, 0.6) is 0 Å². The summed E-state index contributed by atoms with van der Waals surface area (Å²) in [5, 5.41) is 5.26. The van der Waals surface area contributed by atoms with Crippen LogP contribution in [0.2, 0.25) is 0 Å². The quantitative estimate of drug-likeness (QED) is 0.572. The number of hydrogen-bond donors (Lipinski definition) is 0. The van der Waals surface area contributed by atoms with Crippen LogP contribution in [-0.4, -0.2) is 67.5 Å². The maximum absolute atomic E-state index is 13.3. The number of fused-ring (bicyclic) bond motifs is 1. The van der Waals surface area contributed by atoms with E-state index in [-0.39, 0.29) is 5.91 Å². The van der Waals surface area contributed by atoms with E-state index in [4.69, 9.17) is 0 Å². The lowest BCUT2D eigenvalue weighted by molar-refractivity contribution is 0.0779. The third-order valence-corrected chi connectivity index (χ3v) is 7.20. The molecule has 2 aliphatic heterocycles. The molecule has 1 amide bonds. The highest BCUT2D eigenvalue weighted by Crippen LogP contribution is 2.26. The molecular weight excluding hydrogens is 408 g/mol. The van der Waals surface area contributed by atoms with Gasteiger partial charge in [0.05, 0.1) is 0 Å². The van der Waals surface area contributed by atoms with Crippen LogP contribution in [0.15, 0.2) is 35.5 Å². The van der Waals surface area contributed by atoms with Crippen molar-refractivity contribution >= 4 is 23.4 Å². The summed E-state index contributed by atoms with van der Waals surface area (Å²) in [6.07, 6.45) is 3.66. The molecule has 2 fully saturated rings. The summed E-state index contributed by atoms with van der Waals surface area (Å²) in [5.74, 6) is 1.42. The first-order valence-electron chi connectivity index (χ1n) is 11.0. The van der Waals surface area contributed by atoms with E-state index in [0.717, 1.165) is 42.0 Å².